The second-order valence-corrected chi connectivity index (χ2v) is 10.00. The van der Waals surface area contributed by atoms with Crippen LogP contribution in [0.4, 0.5) is 17.1 Å². The Morgan fingerprint density at radius 1 is 0.892 bits per heavy atom. The molecule has 2 saturated heterocycles. The highest BCUT2D eigenvalue weighted by atomic mass is 35.5. The number of non-ortho nitro benzene ring substituents is 1. The molecule has 0 aliphatic carbocycles. The summed E-state index contributed by atoms with van der Waals surface area (Å²) in [6, 6.07) is 15.6. The molecule has 3 aromatic carbocycles. The van der Waals surface area contributed by atoms with Gasteiger partial charge in [0.05, 0.1) is 28.5 Å². The number of carbonyl (C=O) groups excluding carboxylic acids is 3. The van der Waals surface area contributed by atoms with E-state index in [0.717, 1.165) is 10.5 Å². The van der Waals surface area contributed by atoms with Crippen molar-refractivity contribution in [2.45, 2.75) is 12.1 Å². The number of nitro benzene ring substituents is 1. The third kappa shape index (κ3) is 3.55. The van der Waals surface area contributed by atoms with Crippen molar-refractivity contribution in [3.8, 4) is 0 Å². The quantitative estimate of drug-likeness (QED) is 0.198. The summed E-state index contributed by atoms with van der Waals surface area (Å²) < 4.78 is 0. The van der Waals surface area contributed by atoms with Crippen molar-refractivity contribution < 1.29 is 19.3 Å². The second-order valence-electron chi connectivity index (χ2n) is 9.12. The van der Waals surface area contributed by atoms with E-state index in [-0.39, 0.29) is 27.0 Å². The molecule has 3 aliphatic rings. The molecule has 0 saturated carbocycles. The number of nitrogens with zero attached hydrogens (tertiary/aromatic N) is 3. The Bertz CT molecular complexity index is 1530. The number of Topliss-reactive ketones (excluding diaryl/α,β-unsaturated/α-hetero) is 1. The van der Waals surface area contributed by atoms with Crippen LogP contribution in [0.1, 0.15) is 15.9 Å². The first-order valence-electron chi connectivity index (χ1n) is 11.4. The Labute approximate surface area is 220 Å². The van der Waals surface area contributed by atoms with Crippen molar-refractivity contribution in [3.63, 3.8) is 0 Å². The number of rotatable bonds is 4. The zero-order valence-electron chi connectivity index (χ0n) is 19.0. The standard InChI is InChI=1S/C27H17Cl2N3O5/c28-16-11-17(29)13-19(12-16)30-26(34)22-21-9-8-14-4-1-2-7-20(14)31(21)24(23(22)27(30)35)25(33)15-5-3-6-18(10-15)32(36)37/h1-13,21-24H/t21-,22+,23-,24-/m0/s1. The molecular weight excluding hydrogens is 517 g/mol. The number of amides is 2. The molecule has 8 nitrogen and oxygen atoms in total. The number of carbonyl (C=O) groups is 3. The van der Waals surface area contributed by atoms with Gasteiger partial charge in [-0.25, -0.2) is 4.90 Å². The van der Waals surface area contributed by atoms with Gasteiger partial charge in [0.1, 0.15) is 6.04 Å². The van der Waals surface area contributed by atoms with E-state index in [0.29, 0.717) is 5.69 Å². The Morgan fingerprint density at radius 2 is 1.59 bits per heavy atom. The van der Waals surface area contributed by atoms with Crippen LogP contribution in [0.3, 0.4) is 0 Å². The summed E-state index contributed by atoms with van der Waals surface area (Å²) in [7, 11) is 0. The fraction of sp³-hybridized carbons (Fsp3) is 0.148. The number of halogens is 2. The molecule has 3 aromatic rings. The largest absolute Gasteiger partial charge is 0.352 e. The SMILES string of the molecule is O=C(c1cccc([N+](=O)[O-])c1)[C@@H]1[C@H]2C(=O)N(c3cc(Cl)cc(Cl)c3)C(=O)[C@@H]2[C@@H]2C=Cc3ccccc3N12. The maximum atomic E-state index is 14.0. The normalized spacial score (nSPS) is 23.6. The zero-order chi connectivity index (χ0) is 26.0. The van der Waals surface area contributed by atoms with Crippen LogP contribution in [0.5, 0.6) is 0 Å². The average Bonchev–Trinajstić information content (AvgIpc) is 3.35. The molecule has 10 heteroatoms. The van der Waals surface area contributed by atoms with Crippen LogP contribution in [-0.2, 0) is 9.59 Å². The van der Waals surface area contributed by atoms with Gasteiger partial charge in [-0.15, -0.1) is 0 Å². The number of para-hydroxylation sites is 1. The molecule has 2 amide bonds. The topological polar surface area (TPSA) is 101 Å². The van der Waals surface area contributed by atoms with E-state index in [1.807, 2.05) is 41.3 Å². The molecular formula is C27H17Cl2N3O5. The summed E-state index contributed by atoms with van der Waals surface area (Å²) in [4.78, 5) is 55.4. The molecule has 6 rings (SSSR count). The van der Waals surface area contributed by atoms with Crippen molar-refractivity contribution >= 4 is 63.9 Å². The summed E-state index contributed by atoms with van der Waals surface area (Å²) in [5.74, 6) is -3.34. The summed E-state index contributed by atoms with van der Waals surface area (Å²) in [5, 5.41) is 11.9. The number of ketones is 1. The lowest BCUT2D eigenvalue weighted by atomic mass is 9.86. The first-order chi connectivity index (χ1) is 17.8. The summed E-state index contributed by atoms with van der Waals surface area (Å²) in [6.07, 6.45) is 3.71. The maximum absolute atomic E-state index is 14.0. The lowest BCUT2D eigenvalue weighted by molar-refractivity contribution is -0.384. The van der Waals surface area contributed by atoms with Gasteiger partial charge >= 0.3 is 0 Å². The molecule has 0 aromatic heterocycles. The number of fused-ring (bicyclic) bond motifs is 5. The predicted molar refractivity (Wildman–Crippen MR) is 139 cm³/mol. The number of imide groups is 1. The molecule has 0 spiro atoms. The van der Waals surface area contributed by atoms with Crippen molar-refractivity contribution in [2.75, 3.05) is 9.80 Å². The van der Waals surface area contributed by atoms with Gasteiger partial charge in [0.25, 0.3) is 5.69 Å². The van der Waals surface area contributed by atoms with Gasteiger partial charge in [0.2, 0.25) is 11.8 Å². The molecule has 3 heterocycles. The highest BCUT2D eigenvalue weighted by molar-refractivity contribution is 6.36. The zero-order valence-corrected chi connectivity index (χ0v) is 20.5. The number of benzene rings is 3. The smallest absolute Gasteiger partial charge is 0.270 e. The molecule has 2 fully saturated rings. The predicted octanol–water partition coefficient (Wildman–Crippen LogP) is 5.17. The average molecular weight is 534 g/mol. The molecule has 184 valence electrons. The van der Waals surface area contributed by atoms with Crippen LogP contribution in [0.15, 0.2) is 72.8 Å². The first-order valence-corrected chi connectivity index (χ1v) is 12.2. The van der Waals surface area contributed by atoms with E-state index in [1.54, 1.807) is 0 Å². The molecule has 0 N–H and O–H groups in total. The highest BCUT2D eigenvalue weighted by Crippen LogP contribution is 2.50. The number of anilines is 2. The minimum absolute atomic E-state index is 0.0927. The molecule has 3 aliphatic heterocycles. The Morgan fingerprint density at radius 3 is 2.32 bits per heavy atom. The minimum Gasteiger partial charge on any atom is -0.352 e. The van der Waals surface area contributed by atoms with Crippen LogP contribution in [-0.4, -0.2) is 34.6 Å². The van der Waals surface area contributed by atoms with Crippen LogP contribution in [0.25, 0.3) is 6.08 Å². The second kappa shape index (κ2) is 8.54. The van der Waals surface area contributed by atoms with Crippen molar-refractivity contribution in [1.82, 2.24) is 0 Å². The van der Waals surface area contributed by atoms with E-state index in [2.05, 4.69) is 0 Å². The van der Waals surface area contributed by atoms with Crippen molar-refractivity contribution in [3.05, 3.63) is 104 Å². The summed E-state index contributed by atoms with van der Waals surface area (Å²) in [5.41, 5.74) is 1.64. The Balaban J connectivity index is 1.50. The lowest BCUT2D eigenvalue weighted by Gasteiger charge is -2.36. The van der Waals surface area contributed by atoms with Gasteiger partial charge in [-0.1, -0.05) is 65.7 Å². The Kier molecular flexibility index (Phi) is 5.40. The van der Waals surface area contributed by atoms with Crippen molar-refractivity contribution in [1.29, 1.82) is 0 Å². The number of hydrogen-bond donors (Lipinski definition) is 0. The fourth-order valence-electron chi connectivity index (χ4n) is 5.68. The van der Waals surface area contributed by atoms with E-state index < -0.39 is 46.4 Å². The van der Waals surface area contributed by atoms with Gasteiger partial charge in [-0.2, -0.15) is 0 Å². The van der Waals surface area contributed by atoms with E-state index in [9.17, 15) is 24.5 Å². The van der Waals surface area contributed by atoms with Gasteiger partial charge in [-0.3, -0.25) is 24.5 Å². The Hall–Kier alpha value is -4.01. The van der Waals surface area contributed by atoms with Gasteiger partial charge < -0.3 is 4.90 Å². The van der Waals surface area contributed by atoms with E-state index in [4.69, 9.17) is 23.2 Å². The minimum atomic E-state index is -1.06. The summed E-state index contributed by atoms with van der Waals surface area (Å²) >= 11 is 12.3. The highest BCUT2D eigenvalue weighted by Gasteiger charge is 2.64. The van der Waals surface area contributed by atoms with E-state index >= 15 is 0 Å². The number of hydrogen-bond acceptors (Lipinski definition) is 6. The summed E-state index contributed by atoms with van der Waals surface area (Å²) in [6.45, 7) is 0. The van der Waals surface area contributed by atoms with Crippen molar-refractivity contribution in [2.24, 2.45) is 11.8 Å². The molecule has 0 unspecified atom stereocenters. The lowest BCUT2D eigenvalue weighted by Crippen LogP contribution is -2.48. The third-order valence-electron chi connectivity index (χ3n) is 7.13. The fourth-order valence-corrected chi connectivity index (χ4v) is 6.19. The first kappa shape index (κ1) is 23.4. The molecule has 0 bridgehead atoms. The maximum Gasteiger partial charge on any atom is 0.270 e. The van der Waals surface area contributed by atoms with Crippen LogP contribution < -0.4 is 9.80 Å². The third-order valence-corrected chi connectivity index (χ3v) is 7.57. The van der Waals surface area contributed by atoms with Crippen LogP contribution in [0, 0.1) is 22.0 Å². The van der Waals surface area contributed by atoms with Gasteiger partial charge in [0.15, 0.2) is 5.78 Å². The molecule has 4 atom stereocenters. The van der Waals surface area contributed by atoms with E-state index in [1.165, 1.54) is 42.5 Å². The molecule has 0 radical (unpaired) electrons. The van der Waals surface area contributed by atoms with Crippen LogP contribution >= 0.6 is 23.2 Å². The van der Waals surface area contributed by atoms with Gasteiger partial charge in [0, 0.05) is 33.4 Å². The van der Waals surface area contributed by atoms with Crippen LogP contribution in [0.2, 0.25) is 10.0 Å². The monoisotopic (exact) mass is 533 g/mol. The number of nitro groups is 1. The van der Waals surface area contributed by atoms with Gasteiger partial charge in [-0.05, 0) is 29.8 Å². The molecule has 37 heavy (non-hydrogen) atoms.